The molecule has 0 nitrogen and oxygen atoms in total. The first-order chi connectivity index (χ1) is 4.71. The third-order valence-corrected chi connectivity index (χ3v) is 2.56. The second kappa shape index (κ2) is 3.41. The molecule has 1 fully saturated rings. The van der Waals surface area contributed by atoms with Crippen molar-refractivity contribution in [1.29, 1.82) is 0 Å². The van der Waals surface area contributed by atoms with E-state index in [1.165, 1.54) is 44.9 Å². The Labute approximate surface area is 65.0 Å². The van der Waals surface area contributed by atoms with Crippen LogP contribution in [0.15, 0.2) is 0 Å². The molecule has 0 aliphatic heterocycles. The van der Waals surface area contributed by atoms with Crippen molar-refractivity contribution in [3.05, 3.63) is 6.92 Å². The van der Waals surface area contributed by atoms with Crippen LogP contribution in [-0.4, -0.2) is 0 Å². The molecule has 1 radical (unpaired) electrons. The summed E-state index contributed by atoms with van der Waals surface area (Å²) >= 11 is 0. The van der Waals surface area contributed by atoms with Gasteiger partial charge in [-0.1, -0.05) is 39.0 Å². The maximum absolute atomic E-state index is 4.23. The summed E-state index contributed by atoms with van der Waals surface area (Å²) < 4.78 is 0. The van der Waals surface area contributed by atoms with E-state index in [0.717, 1.165) is 0 Å². The lowest BCUT2D eigenvalue weighted by Crippen LogP contribution is -2.12. The van der Waals surface area contributed by atoms with Crippen molar-refractivity contribution >= 4 is 0 Å². The molecule has 59 valence electrons. The SMILES string of the molecule is [CH2]C1(C)CCCCCCC1. The molecule has 0 spiro atoms. The van der Waals surface area contributed by atoms with Gasteiger partial charge >= 0.3 is 0 Å². The van der Waals surface area contributed by atoms with Gasteiger partial charge in [0, 0.05) is 0 Å². The third kappa shape index (κ3) is 2.72. The average Bonchev–Trinajstić information content (AvgIpc) is 1.81. The summed E-state index contributed by atoms with van der Waals surface area (Å²) in [6, 6.07) is 0. The van der Waals surface area contributed by atoms with Crippen LogP contribution in [0.4, 0.5) is 0 Å². The van der Waals surface area contributed by atoms with Crippen LogP contribution in [0, 0.1) is 12.3 Å². The van der Waals surface area contributed by atoms with E-state index in [1.54, 1.807) is 0 Å². The molecule has 0 heterocycles. The molecule has 0 amide bonds. The minimum atomic E-state index is 0.403. The standard InChI is InChI=1S/C10H19/c1-10(2)8-6-4-3-5-7-9-10/h1,3-9H2,2H3. The Bertz CT molecular complexity index is 82.2. The van der Waals surface area contributed by atoms with Gasteiger partial charge in [-0.3, -0.25) is 0 Å². The quantitative estimate of drug-likeness (QED) is 0.481. The summed E-state index contributed by atoms with van der Waals surface area (Å²) in [4.78, 5) is 0. The first-order valence-electron chi connectivity index (χ1n) is 4.56. The third-order valence-electron chi connectivity index (χ3n) is 2.56. The molecule has 0 saturated heterocycles. The number of hydrogen-bond acceptors (Lipinski definition) is 0. The summed E-state index contributed by atoms with van der Waals surface area (Å²) in [5, 5.41) is 0. The van der Waals surface area contributed by atoms with Gasteiger partial charge in [-0.2, -0.15) is 0 Å². The maximum Gasteiger partial charge on any atom is -0.0326 e. The molecule has 0 unspecified atom stereocenters. The van der Waals surface area contributed by atoms with Crippen molar-refractivity contribution in [2.75, 3.05) is 0 Å². The zero-order valence-electron chi connectivity index (χ0n) is 7.16. The molecule has 0 N–H and O–H groups in total. The Hall–Kier alpha value is 0. The van der Waals surface area contributed by atoms with Crippen LogP contribution in [0.5, 0.6) is 0 Å². The Kier molecular flexibility index (Phi) is 2.76. The summed E-state index contributed by atoms with van der Waals surface area (Å²) in [6.07, 6.45) is 9.81. The summed E-state index contributed by atoms with van der Waals surface area (Å²) in [6.45, 7) is 6.54. The van der Waals surface area contributed by atoms with Crippen molar-refractivity contribution in [3.8, 4) is 0 Å². The number of hydrogen-bond donors (Lipinski definition) is 0. The fourth-order valence-corrected chi connectivity index (χ4v) is 1.76. The van der Waals surface area contributed by atoms with Crippen molar-refractivity contribution in [2.45, 2.75) is 51.9 Å². The van der Waals surface area contributed by atoms with E-state index >= 15 is 0 Å². The lowest BCUT2D eigenvalue weighted by atomic mass is 9.80. The van der Waals surface area contributed by atoms with Gasteiger partial charge in [-0.15, -0.1) is 0 Å². The van der Waals surface area contributed by atoms with E-state index in [4.69, 9.17) is 0 Å². The zero-order chi connectivity index (χ0) is 7.45. The van der Waals surface area contributed by atoms with E-state index < -0.39 is 0 Å². The Balaban J connectivity index is 2.30. The van der Waals surface area contributed by atoms with Gasteiger partial charge in [0.25, 0.3) is 0 Å². The lowest BCUT2D eigenvalue weighted by Gasteiger charge is -2.26. The Morgan fingerprint density at radius 1 is 0.900 bits per heavy atom. The van der Waals surface area contributed by atoms with Crippen LogP contribution in [0.2, 0.25) is 0 Å². The van der Waals surface area contributed by atoms with Crippen molar-refractivity contribution in [3.63, 3.8) is 0 Å². The summed E-state index contributed by atoms with van der Waals surface area (Å²) in [5.41, 5.74) is 0.403. The van der Waals surface area contributed by atoms with Crippen LogP contribution in [0.1, 0.15) is 51.9 Å². The topological polar surface area (TPSA) is 0 Å². The highest BCUT2D eigenvalue weighted by molar-refractivity contribution is 4.77. The van der Waals surface area contributed by atoms with Gasteiger partial charge in [-0.25, -0.2) is 0 Å². The van der Waals surface area contributed by atoms with Gasteiger partial charge in [0.05, 0.1) is 0 Å². The van der Waals surface area contributed by atoms with E-state index in [0.29, 0.717) is 5.41 Å². The van der Waals surface area contributed by atoms with E-state index in [2.05, 4.69) is 13.8 Å². The molecule has 1 rings (SSSR count). The second-order valence-electron chi connectivity index (χ2n) is 4.08. The molecule has 0 bridgehead atoms. The molecule has 0 aromatic heterocycles. The van der Waals surface area contributed by atoms with Crippen molar-refractivity contribution in [1.82, 2.24) is 0 Å². The minimum absolute atomic E-state index is 0.403. The molecule has 0 atom stereocenters. The molecule has 1 saturated carbocycles. The van der Waals surface area contributed by atoms with Crippen LogP contribution in [0.25, 0.3) is 0 Å². The van der Waals surface area contributed by atoms with Gasteiger partial charge in [0.15, 0.2) is 0 Å². The van der Waals surface area contributed by atoms with Gasteiger partial charge in [0.2, 0.25) is 0 Å². The molecular weight excluding hydrogens is 120 g/mol. The Morgan fingerprint density at radius 2 is 1.30 bits per heavy atom. The fraction of sp³-hybridized carbons (Fsp3) is 0.900. The molecule has 0 aromatic rings. The minimum Gasteiger partial charge on any atom is -0.0596 e. The fourth-order valence-electron chi connectivity index (χ4n) is 1.76. The van der Waals surface area contributed by atoms with Gasteiger partial charge < -0.3 is 0 Å². The highest BCUT2D eigenvalue weighted by Gasteiger charge is 2.18. The van der Waals surface area contributed by atoms with Crippen LogP contribution in [-0.2, 0) is 0 Å². The van der Waals surface area contributed by atoms with Gasteiger partial charge in [0.1, 0.15) is 0 Å². The largest absolute Gasteiger partial charge is 0.0596 e. The average molecular weight is 139 g/mol. The second-order valence-corrected chi connectivity index (χ2v) is 4.08. The van der Waals surface area contributed by atoms with E-state index in [1.807, 2.05) is 0 Å². The predicted octanol–water partition coefficient (Wildman–Crippen LogP) is 3.57. The van der Waals surface area contributed by atoms with Gasteiger partial charge in [-0.05, 0) is 25.2 Å². The first-order valence-corrected chi connectivity index (χ1v) is 4.56. The van der Waals surface area contributed by atoms with Crippen molar-refractivity contribution < 1.29 is 0 Å². The summed E-state index contributed by atoms with van der Waals surface area (Å²) in [5.74, 6) is 0. The van der Waals surface area contributed by atoms with Crippen molar-refractivity contribution in [2.24, 2.45) is 5.41 Å². The predicted molar refractivity (Wildman–Crippen MR) is 45.8 cm³/mol. The number of rotatable bonds is 0. The highest BCUT2D eigenvalue weighted by Crippen LogP contribution is 2.32. The smallest absolute Gasteiger partial charge is 0.0326 e. The highest BCUT2D eigenvalue weighted by atomic mass is 14.2. The molecule has 0 heteroatoms. The molecule has 1 aliphatic rings. The summed E-state index contributed by atoms with van der Waals surface area (Å²) in [7, 11) is 0. The molecule has 10 heavy (non-hydrogen) atoms. The van der Waals surface area contributed by atoms with Crippen LogP contribution >= 0.6 is 0 Å². The van der Waals surface area contributed by atoms with Crippen LogP contribution < -0.4 is 0 Å². The van der Waals surface area contributed by atoms with Crippen LogP contribution in [0.3, 0.4) is 0 Å². The van der Waals surface area contributed by atoms with E-state index in [9.17, 15) is 0 Å². The normalized spacial score (nSPS) is 27.0. The maximum atomic E-state index is 4.23. The zero-order valence-corrected chi connectivity index (χ0v) is 7.16. The van der Waals surface area contributed by atoms with E-state index in [-0.39, 0.29) is 0 Å². The first kappa shape index (κ1) is 8.10. The monoisotopic (exact) mass is 139 g/mol. The molecular formula is C10H19. The Morgan fingerprint density at radius 3 is 1.80 bits per heavy atom. The lowest BCUT2D eigenvalue weighted by molar-refractivity contribution is 0.305. The molecule has 0 aromatic carbocycles. The molecule has 1 aliphatic carbocycles.